The van der Waals surface area contributed by atoms with E-state index in [4.69, 9.17) is 10.5 Å². The van der Waals surface area contributed by atoms with E-state index < -0.39 is 0 Å². The minimum atomic E-state index is 0.170. The summed E-state index contributed by atoms with van der Waals surface area (Å²) in [5, 5.41) is 0. The Kier molecular flexibility index (Phi) is 3.38. The fourth-order valence-corrected chi connectivity index (χ4v) is 2.01. The molecule has 0 aliphatic carbocycles. The van der Waals surface area contributed by atoms with Gasteiger partial charge in [0.25, 0.3) is 0 Å². The molecule has 1 fully saturated rings. The Bertz CT molecular complexity index is 316. The van der Waals surface area contributed by atoms with Crippen LogP contribution in [-0.4, -0.2) is 23.1 Å². The molecule has 3 N–H and O–H groups in total. The molecule has 15 heavy (non-hydrogen) atoms. The highest BCUT2D eigenvalue weighted by atomic mass is 16.5. The van der Waals surface area contributed by atoms with Gasteiger partial charge in [-0.2, -0.15) is 0 Å². The lowest BCUT2D eigenvalue weighted by molar-refractivity contribution is 0.00986. The summed E-state index contributed by atoms with van der Waals surface area (Å²) in [5.41, 5.74) is 7.75. The van der Waals surface area contributed by atoms with Crippen LogP contribution in [0.25, 0.3) is 0 Å². The van der Waals surface area contributed by atoms with E-state index in [0.717, 1.165) is 36.7 Å². The maximum Gasteiger partial charge on any atom is 0.135 e. The molecular weight excluding hydrogens is 190 g/mol. The van der Waals surface area contributed by atoms with Gasteiger partial charge in [-0.05, 0) is 32.7 Å². The lowest BCUT2D eigenvalue weighted by Crippen LogP contribution is -2.13. The van der Waals surface area contributed by atoms with Crippen LogP contribution in [0.5, 0.6) is 0 Å². The number of aryl methyl sites for hydroxylation is 1. The minimum absolute atomic E-state index is 0.170. The number of hydrogen-bond acceptors (Lipinski definition) is 3. The number of aromatic amines is 1. The van der Waals surface area contributed by atoms with Crippen LogP contribution in [0.3, 0.4) is 0 Å². The topological polar surface area (TPSA) is 63.9 Å². The number of H-pyrrole nitrogens is 1. The molecule has 0 aromatic carbocycles. The van der Waals surface area contributed by atoms with E-state index in [1.165, 1.54) is 12.8 Å². The first-order valence-electron chi connectivity index (χ1n) is 5.68. The summed E-state index contributed by atoms with van der Waals surface area (Å²) in [5.74, 6) is 0.982. The van der Waals surface area contributed by atoms with Crippen molar-refractivity contribution in [3.05, 3.63) is 17.2 Å². The third kappa shape index (κ3) is 2.38. The standard InChI is InChI=1S/C11H19N3O/c1-8-9(5-6-12)14-11(13-8)10-4-2-3-7-15-10/h10H,2-7,12H2,1H3,(H,13,14). The van der Waals surface area contributed by atoms with Gasteiger partial charge in [-0.1, -0.05) is 0 Å². The maximum absolute atomic E-state index is 5.69. The van der Waals surface area contributed by atoms with Crippen molar-refractivity contribution in [3.63, 3.8) is 0 Å². The van der Waals surface area contributed by atoms with Crippen molar-refractivity contribution in [2.75, 3.05) is 13.2 Å². The van der Waals surface area contributed by atoms with Crippen molar-refractivity contribution in [3.8, 4) is 0 Å². The van der Waals surface area contributed by atoms with E-state index in [0.29, 0.717) is 6.54 Å². The van der Waals surface area contributed by atoms with Crippen LogP contribution < -0.4 is 5.73 Å². The average molecular weight is 209 g/mol. The van der Waals surface area contributed by atoms with Gasteiger partial charge in [0.05, 0.1) is 5.69 Å². The average Bonchev–Trinajstić information content (AvgIpc) is 2.63. The zero-order chi connectivity index (χ0) is 10.7. The molecule has 0 saturated carbocycles. The summed E-state index contributed by atoms with van der Waals surface area (Å²) >= 11 is 0. The Balaban J connectivity index is 2.10. The number of nitrogens with zero attached hydrogens (tertiary/aromatic N) is 1. The fourth-order valence-electron chi connectivity index (χ4n) is 2.01. The molecule has 0 spiro atoms. The van der Waals surface area contributed by atoms with Crippen LogP contribution in [0.1, 0.15) is 42.6 Å². The maximum atomic E-state index is 5.69. The molecule has 4 nitrogen and oxygen atoms in total. The van der Waals surface area contributed by atoms with Crippen molar-refractivity contribution >= 4 is 0 Å². The summed E-state index contributed by atoms with van der Waals surface area (Å²) in [4.78, 5) is 7.87. The largest absolute Gasteiger partial charge is 0.370 e. The van der Waals surface area contributed by atoms with E-state index in [9.17, 15) is 0 Å². The van der Waals surface area contributed by atoms with Gasteiger partial charge in [0.2, 0.25) is 0 Å². The van der Waals surface area contributed by atoms with E-state index in [1.54, 1.807) is 0 Å². The summed E-state index contributed by atoms with van der Waals surface area (Å²) < 4.78 is 5.69. The van der Waals surface area contributed by atoms with Gasteiger partial charge < -0.3 is 15.5 Å². The smallest absolute Gasteiger partial charge is 0.135 e. The second kappa shape index (κ2) is 4.77. The van der Waals surface area contributed by atoms with Crippen LogP contribution >= 0.6 is 0 Å². The van der Waals surface area contributed by atoms with Crippen LogP contribution in [0.4, 0.5) is 0 Å². The van der Waals surface area contributed by atoms with Gasteiger partial charge in [0, 0.05) is 18.7 Å². The minimum Gasteiger partial charge on any atom is -0.370 e. The van der Waals surface area contributed by atoms with Crippen molar-refractivity contribution in [2.45, 2.75) is 38.7 Å². The lowest BCUT2D eigenvalue weighted by atomic mass is 10.1. The van der Waals surface area contributed by atoms with Crippen molar-refractivity contribution in [2.24, 2.45) is 5.73 Å². The predicted octanol–water partition coefficient (Wildman–Crippen LogP) is 1.46. The molecule has 0 radical (unpaired) electrons. The Hall–Kier alpha value is -0.870. The van der Waals surface area contributed by atoms with Gasteiger partial charge in [-0.25, -0.2) is 4.98 Å². The van der Waals surface area contributed by atoms with E-state index >= 15 is 0 Å². The summed E-state index contributed by atoms with van der Waals surface area (Å²) in [6.45, 7) is 3.55. The molecular formula is C11H19N3O. The number of ether oxygens (including phenoxy) is 1. The van der Waals surface area contributed by atoms with Gasteiger partial charge in [0.1, 0.15) is 11.9 Å². The number of rotatable bonds is 3. The molecule has 1 aliphatic rings. The first-order valence-corrected chi connectivity index (χ1v) is 5.68. The van der Waals surface area contributed by atoms with Crippen molar-refractivity contribution < 1.29 is 4.74 Å². The first-order chi connectivity index (χ1) is 7.31. The third-order valence-corrected chi connectivity index (χ3v) is 2.87. The summed E-state index contributed by atoms with van der Waals surface area (Å²) in [6, 6.07) is 0. The summed E-state index contributed by atoms with van der Waals surface area (Å²) in [6.07, 6.45) is 4.50. The monoisotopic (exact) mass is 209 g/mol. The van der Waals surface area contributed by atoms with Gasteiger partial charge >= 0.3 is 0 Å². The molecule has 2 rings (SSSR count). The van der Waals surface area contributed by atoms with Gasteiger partial charge in [0.15, 0.2) is 0 Å². The van der Waals surface area contributed by atoms with Crippen LogP contribution in [0.2, 0.25) is 0 Å². The second-order valence-electron chi connectivity index (χ2n) is 4.09. The van der Waals surface area contributed by atoms with E-state index in [-0.39, 0.29) is 6.10 Å². The Labute approximate surface area is 90.2 Å². The van der Waals surface area contributed by atoms with Crippen molar-refractivity contribution in [1.29, 1.82) is 0 Å². The Morgan fingerprint density at radius 3 is 3.07 bits per heavy atom. The van der Waals surface area contributed by atoms with Crippen LogP contribution in [0, 0.1) is 6.92 Å². The van der Waals surface area contributed by atoms with Crippen molar-refractivity contribution in [1.82, 2.24) is 9.97 Å². The quantitative estimate of drug-likeness (QED) is 0.792. The molecule has 0 amide bonds. The predicted molar refractivity (Wildman–Crippen MR) is 58.6 cm³/mol. The lowest BCUT2D eigenvalue weighted by Gasteiger charge is -2.20. The zero-order valence-electron chi connectivity index (χ0n) is 9.25. The number of aromatic nitrogens is 2. The molecule has 84 valence electrons. The highest BCUT2D eigenvalue weighted by molar-refractivity contribution is 5.14. The highest BCUT2D eigenvalue weighted by Gasteiger charge is 2.20. The number of hydrogen-bond donors (Lipinski definition) is 2. The zero-order valence-corrected chi connectivity index (χ0v) is 9.25. The molecule has 1 saturated heterocycles. The molecule has 4 heteroatoms. The Morgan fingerprint density at radius 2 is 2.40 bits per heavy atom. The number of nitrogens with one attached hydrogen (secondary N) is 1. The summed E-state index contributed by atoms with van der Waals surface area (Å²) in [7, 11) is 0. The Morgan fingerprint density at radius 1 is 1.53 bits per heavy atom. The van der Waals surface area contributed by atoms with Gasteiger partial charge in [-0.15, -0.1) is 0 Å². The molecule has 1 unspecified atom stereocenters. The molecule has 0 bridgehead atoms. The number of imidazole rings is 1. The van der Waals surface area contributed by atoms with E-state index in [2.05, 4.69) is 9.97 Å². The number of nitrogens with two attached hydrogens (primary N) is 1. The molecule has 1 atom stereocenters. The molecule has 1 aliphatic heterocycles. The van der Waals surface area contributed by atoms with Crippen LogP contribution in [-0.2, 0) is 11.2 Å². The first kappa shape index (κ1) is 10.6. The second-order valence-corrected chi connectivity index (χ2v) is 4.09. The SMILES string of the molecule is Cc1[nH]c(C2CCCCO2)nc1CCN. The van der Waals surface area contributed by atoms with Gasteiger partial charge in [-0.3, -0.25) is 0 Å². The molecule has 2 heterocycles. The third-order valence-electron chi connectivity index (χ3n) is 2.87. The normalized spacial score (nSPS) is 21.9. The molecule has 1 aromatic heterocycles. The van der Waals surface area contributed by atoms with E-state index in [1.807, 2.05) is 6.92 Å². The highest BCUT2D eigenvalue weighted by Crippen LogP contribution is 2.26. The van der Waals surface area contributed by atoms with Crippen LogP contribution in [0.15, 0.2) is 0 Å². The fraction of sp³-hybridized carbons (Fsp3) is 0.727. The molecule has 1 aromatic rings.